The van der Waals surface area contributed by atoms with Gasteiger partial charge in [0.15, 0.2) is 0 Å². The molecule has 3 aliphatic rings. The molecule has 0 heterocycles. The van der Waals surface area contributed by atoms with E-state index in [0.717, 1.165) is 5.57 Å². The first-order chi connectivity index (χ1) is 22.0. The molecule has 0 saturated heterocycles. The number of alkyl halides is 7. The van der Waals surface area contributed by atoms with E-state index in [0.29, 0.717) is 43.8 Å². The molecule has 0 amide bonds. The van der Waals surface area contributed by atoms with Gasteiger partial charge in [-0.1, -0.05) is 50.6 Å². The molecule has 0 radical (unpaired) electrons. The van der Waals surface area contributed by atoms with Crippen LogP contribution in [0, 0.1) is 22.7 Å². The van der Waals surface area contributed by atoms with Crippen molar-refractivity contribution >= 4 is 0 Å². The van der Waals surface area contributed by atoms with Crippen molar-refractivity contribution in [1.82, 2.24) is 0 Å². The third-order valence-corrected chi connectivity index (χ3v) is 10.1. The third kappa shape index (κ3) is 7.78. The van der Waals surface area contributed by atoms with Crippen LogP contribution in [0.1, 0.15) is 106 Å². The molecule has 43 heavy (non-hydrogen) atoms. The van der Waals surface area contributed by atoms with E-state index in [1.165, 1.54) is 0 Å². The van der Waals surface area contributed by atoms with Crippen molar-refractivity contribution in [2.45, 2.75) is 134 Å². The Bertz CT molecular complexity index is 1280. The molecule has 1 unspecified atom stereocenters. The summed E-state index contributed by atoms with van der Waals surface area (Å²) < 4.78 is 141. The van der Waals surface area contributed by atoms with Gasteiger partial charge in [-0.2, -0.15) is 26.3 Å². The number of aliphatic hydroxyl groups excluding tert-OH is 1. The molecule has 0 bridgehead atoms. The summed E-state index contributed by atoms with van der Waals surface area (Å²) in [6.45, 7) is 0.827. The Balaban J connectivity index is 2.01. The van der Waals surface area contributed by atoms with Crippen LogP contribution in [0.2, 0.25) is 0 Å². The van der Waals surface area contributed by atoms with Crippen LogP contribution in [-0.2, 0) is 0 Å². The summed E-state index contributed by atoms with van der Waals surface area (Å²) in [6.07, 6.45) is -8.51. The van der Waals surface area contributed by atoms with Crippen molar-refractivity contribution in [3.8, 4) is 0 Å². The van der Waals surface area contributed by atoms with Crippen molar-refractivity contribution < 1.29 is 54.3 Å². The second-order valence-corrected chi connectivity index (χ2v) is 13.3. The highest BCUT2D eigenvalue weighted by Gasteiger charge is 2.69. The minimum atomic E-state index is -6.07. The molecule has 6 atom stereocenters. The van der Waals surface area contributed by atoms with Crippen LogP contribution in [-0.4, -0.2) is 51.1 Å². The van der Waals surface area contributed by atoms with E-state index in [2.05, 4.69) is 6.58 Å². The zero-order chi connectivity index (χ0) is 37.6. The van der Waals surface area contributed by atoms with Gasteiger partial charge in [-0.05, 0) is 111 Å². The average Bonchev–Trinajstić information content (AvgIpc) is 3.29. The zero-order valence-electron chi connectivity index (χ0n) is 30.6. The monoisotopic (exact) mass is 630 g/mol. The van der Waals surface area contributed by atoms with E-state index < -0.39 is 73.2 Å². The van der Waals surface area contributed by atoms with E-state index in [-0.39, 0.29) is 49.2 Å². The fourth-order valence-corrected chi connectivity index (χ4v) is 7.83. The normalized spacial score (nSPS) is 35.6. The Morgan fingerprint density at radius 3 is 2.30 bits per heavy atom. The maximum Gasteiger partial charge on any atom is 0.429 e. The largest absolute Gasteiger partial charge is 0.429 e. The van der Waals surface area contributed by atoms with Gasteiger partial charge < -0.3 is 15.3 Å². The molecule has 3 saturated carbocycles. The van der Waals surface area contributed by atoms with Gasteiger partial charge >= 0.3 is 12.4 Å². The fourth-order valence-electron chi connectivity index (χ4n) is 7.83. The second kappa shape index (κ2) is 12.6. The first-order valence-corrected chi connectivity index (χ1v) is 14.7. The molecular weight excluding hydrogens is 577 g/mol. The molecule has 3 nitrogen and oxygen atoms in total. The van der Waals surface area contributed by atoms with Crippen LogP contribution in [0.25, 0.3) is 0 Å². The minimum Gasteiger partial charge on any atom is -0.393 e. The minimum absolute atomic E-state index is 0.0401. The smallest absolute Gasteiger partial charge is 0.393 e. The van der Waals surface area contributed by atoms with Crippen molar-refractivity contribution in [2.75, 3.05) is 0 Å². The van der Waals surface area contributed by atoms with Crippen LogP contribution in [0.3, 0.4) is 0 Å². The van der Waals surface area contributed by atoms with Crippen molar-refractivity contribution in [1.29, 1.82) is 0 Å². The number of allylic oxidation sites excluding steroid dienone is 5. The number of aliphatic hydroxyl groups is 3. The second-order valence-electron chi connectivity index (χ2n) is 13.3. The Morgan fingerprint density at radius 2 is 1.70 bits per heavy atom. The molecule has 246 valence electrons. The number of hydrogen-bond acceptors (Lipinski definition) is 3. The highest BCUT2D eigenvalue weighted by atomic mass is 19.4. The first-order valence-electron chi connectivity index (χ1n) is 17.7. The molecule has 3 N–H and O–H groups in total. The number of rotatable bonds is 9. The van der Waals surface area contributed by atoms with E-state index in [1.807, 2.05) is 13.0 Å². The van der Waals surface area contributed by atoms with Gasteiger partial charge in [0.25, 0.3) is 5.60 Å². The molecule has 3 aliphatic carbocycles. The van der Waals surface area contributed by atoms with Crippen LogP contribution >= 0.6 is 0 Å². The summed E-state index contributed by atoms with van der Waals surface area (Å²) in [5, 5.41) is 30.6. The van der Waals surface area contributed by atoms with Gasteiger partial charge in [-0.25, -0.2) is 4.39 Å². The van der Waals surface area contributed by atoms with E-state index in [1.54, 1.807) is 13.0 Å². The number of hydrogen-bond donors (Lipinski definition) is 3. The highest BCUT2D eigenvalue weighted by Crippen LogP contribution is 2.64. The maximum absolute atomic E-state index is 14.4. The fraction of sp³-hybridized carbons (Fsp3) is 0.758. The average molecular weight is 631 g/mol. The predicted molar refractivity (Wildman–Crippen MR) is 153 cm³/mol. The van der Waals surface area contributed by atoms with Gasteiger partial charge in [-0.15, -0.1) is 0 Å². The molecule has 0 aliphatic heterocycles. The number of halogens is 7. The molecular formula is C33H47F7O3. The predicted octanol–water partition coefficient (Wildman–Crippen LogP) is 8.85. The van der Waals surface area contributed by atoms with Gasteiger partial charge in [0.2, 0.25) is 0 Å². The van der Waals surface area contributed by atoms with Gasteiger partial charge in [0, 0.05) is 14.6 Å². The highest BCUT2D eigenvalue weighted by molar-refractivity contribution is 5.39. The molecule has 3 fully saturated rings. The molecule has 0 spiro atoms. The molecule has 10 heteroatoms. The zero-order valence-corrected chi connectivity index (χ0v) is 24.6. The Hall–Kier alpha value is -1.65. The summed E-state index contributed by atoms with van der Waals surface area (Å²) in [6, 6.07) is 0. The SMILES string of the molecule is [2H]C([2H])([2H])C(O)(CCC[C@](C)(C/C=C\C(O)(C(F)(F)F)C(F)(F)F)[C@H]1CCC2/C(=C/C=C3/C[C@@H](O)C[C@H](F)C3=C)CCC[C@@]21C)C([2H])([2H])[2H]. The molecule has 0 aromatic carbocycles. The van der Waals surface area contributed by atoms with Crippen molar-refractivity contribution in [3.63, 3.8) is 0 Å². The summed E-state index contributed by atoms with van der Waals surface area (Å²) in [7, 11) is 0. The van der Waals surface area contributed by atoms with Crippen molar-refractivity contribution in [3.05, 3.63) is 47.6 Å². The van der Waals surface area contributed by atoms with Crippen LogP contribution in [0.4, 0.5) is 30.7 Å². The summed E-state index contributed by atoms with van der Waals surface area (Å²) in [5.74, 6) is -0.426. The molecule has 0 aromatic rings. The quantitative estimate of drug-likeness (QED) is 0.176. The van der Waals surface area contributed by atoms with Crippen LogP contribution < -0.4 is 0 Å². The lowest BCUT2D eigenvalue weighted by Gasteiger charge is -2.49. The van der Waals surface area contributed by atoms with Crippen LogP contribution in [0.5, 0.6) is 0 Å². The molecule has 0 aromatic heterocycles. The van der Waals surface area contributed by atoms with Crippen LogP contribution in [0.15, 0.2) is 47.6 Å². The number of fused-ring (bicyclic) bond motifs is 1. The topological polar surface area (TPSA) is 60.7 Å². The van der Waals surface area contributed by atoms with E-state index in [9.17, 15) is 46.1 Å². The van der Waals surface area contributed by atoms with Gasteiger partial charge in [0.05, 0.1) is 11.7 Å². The molecule has 3 rings (SSSR count). The lowest BCUT2D eigenvalue weighted by molar-refractivity contribution is -0.347. The first kappa shape index (κ1) is 27.6. The van der Waals surface area contributed by atoms with Gasteiger partial charge in [-0.3, -0.25) is 0 Å². The lowest BCUT2D eigenvalue weighted by atomic mass is 9.55. The lowest BCUT2D eigenvalue weighted by Crippen LogP contribution is -2.55. The summed E-state index contributed by atoms with van der Waals surface area (Å²) in [4.78, 5) is 0. The third-order valence-electron chi connectivity index (χ3n) is 10.1. The van der Waals surface area contributed by atoms with E-state index in [4.69, 9.17) is 8.22 Å². The van der Waals surface area contributed by atoms with E-state index >= 15 is 0 Å². The summed E-state index contributed by atoms with van der Waals surface area (Å²) >= 11 is 0. The summed E-state index contributed by atoms with van der Waals surface area (Å²) in [5.41, 5.74) is -7.99. The standard InChI is InChI=1S/C33H47F7O3/c1-21-23(19-24(41)20-26(21)34)11-10-22-9-6-17-30(5)25(22)12-13-27(30)29(4,15-7-14-28(2,3)42)16-8-18-31(43,32(35,36)37)33(38,39)40/h8,10-11,18,24-27,41-43H,1,6-7,9,12-17,19-20H2,2-5H3/b18-8-,22-10+,23-11-/t24-,25?,26+,27-,29-,30+/m1/s1/i2D3,3D3. The Morgan fingerprint density at radius 1 is 1.05 bits per heavy atom. The Labute approximate surface area is 259 Å². The van der Waals surface area contributed by atoms with Crippen molar-refractivity contribution in [2.24, 2.45) is 22.7 Å². The van der Waals surface area contributed by atoms with Gasteiger partial charge in [0.1, 0.15) is 6.17 Å². The maximum atomic E-state index is 14.4. The Kier molecular flexibility index (Phi) is 8.12.